The predicted molar refractivity (Wildman–Crippen MR) is 146 cm³/mol. The van der Waals surface area contributed by atoms with Crippen LogP contribution in [0.2, 0.25) is 0 Å². The predicted octanol–water partition coefficient (Wildman–Crippen LogP) is 4.50. The number of aliphatic hydroxyl groups is 2. The van der Waals surface area contributed by atoms with Crippen molar-refractivity contribution in [1.29, 1.82) is 0 Å². The quantitative estimate of drug-likeness (QED) is 0.164. The Morgan fingerprint density at radius 3 is 1.22 bits per heavy atom. The Morgan fingerprint density at radius 2 is 0.919 bits per heavy atom. The van der Waals surface area contributed by atoms with Gasteiger partial charge in [0.1, 0.15) is 5.60 Å². The van der Waals surface area contributed by atoms with Crippen LogP contribution < -0.4 is 0 Å². The lowest BCUT2D eigenvalue weighted by Crippen LogP contribution is -2.54. The molecule has 0 aliphatic heterocycles. The van der Waals surface area contributed by atoms with E-state index < -0.39 is 25.7 Å². The van der Waals surface area contributed by atoms with Crippen LogP contribution in [-0.2, 0) is 15.8 Å². The monoisotopic (exact) mass is 520 g/mol. The van der Waals surface area contributed by atoms with Gasteiger partial charge in [-0.3, -0.25) is 0 Å². The van der Waals surface area contributed by atoms with Gasteiger partial charge >= 0.3 is 8.60 Å². The molecule has 2 unspecified atom stereocenters. The highest BCUT2D eigenvalue weighted by molar-refractivity contribution is 7.38. The fraction of sp³-hybridized carbons (Fsp3) is 0.200. The van der Waals surface area contributed by atoms with E-state index in [4.69, 9.17) is 19.4 Å². The lowest BCUT2D eigenvalue weighted by molar-refractivity contribution is -0.109. The van der Waals surface area contributed by atoms with Gasteiger partial charge < -0.3 is 29.6 Å². The van der Waals surface area contributed by atoms with Gasteiger partial charge in [-0.05, 0) is 29.2 Å². The van der Waals surface area contributed by atoms with Crippen LogP contribution in [0.15, 0.2) is 121 Å². The highest BCUT2D eigenvalue weighted by Crippen LogP contribution is 2.52. The third kappa shape index (κ3) is 6.50. The van der Waals surface area contributed by atoms with Crippen molar-refractivity contribution in [2.75, 3.05) is 13.2 Å². The van der Waals surface area contributed by atoms with Crippen LogP contribution in [0, 0.1) is 0 Å². The van der Waals surface area contributed by atoms with E-state index in [1.54, 1.807) is 6.92 Å². The van der Waals surface area contributed by atoms with Gasteiger partial charge in [0.2, 0.25) is 0 Å². The number of hydrogen-bond acceptors (Lipinski definition) is 6. The summed E-state index contributed by atoms with van der Waals surface area (Å²) in [6.45, 7) is 1.68. The smallest absolute Gasteiger partial charge is 0.324 e. The SMILES string of the molecule is CC(CO)OCC(O)(c1ccccc1)C(c1ccccc1)(c1ccccc1)c1ccccc1.OP(O)O. The number of hydrogen-bond donors (Lipinski definition) is 5. The molecule has 37 heavy (non-hydrogen) atoms. The molecule has 0 aliphatic carbocycles. The van der Waals surface area contributed by atoms with Crippen LogP contribution in [0.1, 0.15) is 29.2 Å². The third-order valence-electron chi connectivity index (χ3n) is 6.33. The fourth-order valence-electron chi connectivity index (χ4n) is 4.72. The summed E-state index contributed by atoms with van der Waals surface area (Å²) in [4.78, 5) is 21.7. The lowest BCUT2D eigenvalue weighted by atomic mass is 9.57. The van der Waals surface area contributed by atoms with E-state index in [0.29, 0.717) is 0 Å². The minimum absolute atomic E-state index is 0.00256. The van der Waals surface area contributed by atoms with E-state index >= 15 is 0 Å². The van der Waals surface area contributed by atoms with E-state index in [9.17, 15) is 10.2 Å². The second-order valence-corrected chi connectivity index (χ2v) is 9.18. The zero-order valence-electron chi connectivity index (χ0n) is 20.6. The van der Waals surface area contributed by atoms with E-state index in [2.05, 4.69) is 36.4 Å². The summed E-state index contributed by atoms with van der Waals surface area (Å²) in [5, 5.41) is 22.5. The molecule has 5 N–H and O–H groups in total. The second kappa shape index (κ2) is 13.6. The highest BCUT2D eigenvalue weighted by Gasteiger charge is 2.55. The number of rotatable bonds is 9. The maximum atomic E-state index is 12.9. The molecule has 4 aromatic carbocycles. The summed E-state index contributed by atoms with van der Waals surface area (Å²) >= 11 is 0. The van der Waals surface area contributed by atoms with Crippen molar-refractivity contribution in [1.82, 2.24) is 0 Å². The standard InChI is InChI=1S/C30H30O3.H3O3P/c1-24(22-31)33-23-29(32,25-14-6-2-7-15-25)30(26-16-8-3-9-17-26,27-18-10-4-11-19-27)28-20-12-5-13-21-28;1-4(2)3/h2-21,24,31-32H,22-23H2,1H3;1-3H. The Labute approximate surface area is 219 Å². The molecule has 4 rings (SSSR count). The molecule has 0 saturated carbocycles. The molecule has 2 atom stereocenters. The Balaban J connectivity index is 0.000000886. The first-order chi connectivity index (χ1) is 17.9. The molecule has 0 heterocycles. The topological polar surface area (TPSA) is 110 Å². The van der Waals surface area contributed by atoms with Crippen LogP contribution in [0.3, 0.4) is 0 Å². The first-order valence-electron chi connectivity index (χ1n) is 11.9. The summed E-state index contributed by atoms with van der Waals surface area (Å²) < 4.78 is 6.08. The summed E-state index contributed by atoms with van der Waals surface area (Å²) in [7, 11) is -2.62. The largest absolute Gasteiger partial charge is 0.394 e. The first kappa shape index (κ1) is 28.6. The van der Waals surface area contributed by atoms with Gasteiger partial charge in [0.05, 0.1) is 24.7 Å². The van der Waals surface area contributed by atoms with Gasteiger partial charge in [0, 0.05) is 0 Å². The summed E-state index contributed by atoms with van der Waals surface area (Å²) in [5.74, 6) is 0. The zero-order chi connectivity index (χ0) is 26.7. The summed E-state index contributed by atoms with van der Waals surface area (Å²) in [6, 6.07) is 40.0. The van der Waals surface area contributed by atoms with Crippen LogP contribution in [0.25, 0.3) is 0 Å². The number of benzene rings is 4. The van der Waals surface area contributed by atoms with Crippen molar-refractivity contribution in [3.8, 4) is 0 Å². The molecule has 0 aliphatic rings. The van der Waals surface area contributed by atoms with Crippen LogP contribution in [0.5, 0.6) is 0 Å². The molecule has 0 spiro atoms. The molecular formula is C30H33O6P. The van der Waals surface area contributed by atoms with Crippen molar-refractivity contribution in [3.63, 3.8) is 0 Å². The number of ether oxygens (including phenoxy) is 1. The van der Waals surface area contributed by atoms with Crippen molar-refractivity contribution < 1.29 is 29.6 Å². The number of aliphatic hydroxyl groups excluding tert-OH is 1. The molecule has 194 valence electrons. The molecular weight excluding hydrogens is 487 g/mol. The minimum Gasteiger partial charge on any atom is -0.394 e. The minimum atomic E-state index is -2.62. The molecule has 0 aromatic heterocycles. The molecule has 7 heteroatoms. The molecule has 0 fully saturated rings. The molecule has 0 bridgehead atoms. The Morgan fingerprint density at radius 1 is 0.622 bits per heavy atom. The average molecular weight is 521 g/mol. The molecule has 0 saturated heterocycles. The Bertz CT molecular complexity index is 1080. The van der Waals surface area contributed by atoms with Gasteiger partial charge in [-0.25, -0.2) is 0 Å². The van der Waals surface area contributed by atoms with Crippen LogP contribution in [-0.4, -0.2) is 44.2 Å². The Hall–Kier alpha value is -2.93. The van der Waals surface area contributed by atoms with Crippen molar-refractivity contribution in [2.45, 2.75) is 24.0 Å². The lowest BCUT2D eigenvalue weighted by Gasteiger charge is -2.49. The highest BCUT2D eigenvalue weighted by atomic mass is 31.2. The second-order valence-electron chi connectivity index (χ2n) is 8.65. The van der Waals surface area contributed by atoms with Gasteiger partial charge in [-0.2, -0.15) is 0 Å². The fourth-order valence-corrected chi connectivity index (χ4v) is 4.72. The first-order valence-corrected chi connectivity index (χ1v) is 13.1. The molecule has 0 radical (unpaired) electrons. The van der Waals surface area contributed by atoms with E-state index in [1.165, 1.54) is 0 Å². The maximum absolute atomic E-state index is 12.9. The van der Waals surface area contributed by atoms with Gasteiger partial charge in [0.25, 0.3) is 0 Å². The average Bonchev–Trinajstić information content (AvgIpc) is 2.94. The molecule has 6 nitrogen and oxygen atoms in total. The van der Waals surface area contributed by atoms with E-state index in [-0.39, 0.29) is 13.2 Å². The van der Waals surface area contributed by atoms with Crippen molar-refractivity contribution in [3.05, 3.63) is 144 Å². The van der Waals surface area contributed by atoms with Gasteiger partial charge in [-0.15, -0.1) is 0 Å². The maximum Gasteiger partial charge on any atom is 0.324 e. The van der Waals surface area contributed by atoms with E-state index in [0.717, 1.165) is 22.3 Å². The van der Waals surface area contributed by atoms with Gasteiger partial charge in [-0.1, -0.05) is 121 Å². The van der Waals surface area contributed by atoms with Crippen LogP contribution >= 0.6 is 8.60 Å². The van der Waals surface area contributed by atoms with Crippen molar-refractivity contribution >= 4 is 8.60 Å². The zero-order valence-corrected chi connectivity index (χ0v) is 21.5. The molecule has 4 aromatic rings. The molecule has 0 amide bonds. The van der Waals surface area contributed by atoms with Crippen molar-refractivity contribution in [2.24, 2.45) is 0 Å². The normalized spacial score (nSPS) is 13.8. The Kier molecular flexibility index (Phi) is 10.5. The summed E-state index contributed by atoms with van der Waals surface area (Å²) in [5.41, 5.74) is 1.14. The van der Waals surface area contributed by atoms with Crippen LogP contribution in [0.4, 0.5) is 0 Å². The third-order valence-corrected chi connectivity index (χ3v) is 6.33. The summed E-state index contributed by atoms with van der Waals surface area (Å²) in [6.07, 6.45) is -0.416. The van der Waals surface area contributed by atoms with E-state index in [1.807, 2.05) is 84.9 Å². The van der Waals surface area contributed by atoms with Gasteiger partial charge in [0.15, 0.2) is 0 Å².